The van der Waals surface area contributed by atoms with E-state index in [0.29, 0.717) is 23.2 Å². The van der Waals surface area contributed by atoms with E-state index < -0.39 is 0 Å². The van der Waals surface area contributed by atoms with Crippen molar-refractivity contribution >= 4 is 23.3 Å². The molecule has 0 aromatic heterocycles. The second kappa shape index (κ2) is 6.81. The van der Waals surface area contributed by atoms with Crippen molar-refractivity contribution in [2.24, 2.45) is 5.92 Å². The summed E-state index contributed by atoms with van der Waals surface area (Å²) in [5, 5.41) is 7.17. The highest BCUT2D eigenvalue weighted by atomic mass is 35.5. The van der Waals surface area contributed by atoms with Crippen LogP contribution in [0.2, 0.25) is 5.02 Å². The number of hydrogen-bond donors (Lipinski definition) is 3. The molecule has 1 unspecified atom stereocenters. The minimum atomic E-state index is -0.298. The number of anilines is 1. The molecule has 1 saturated heterocycles. The first-order valence-electron chi connectivity index (χ1n) is 8.70. The van der Waals surface area contributed by atoms with Gasteiger partial charge in [-0.2, -0.15) is 0 Å². The Morgan fingerprint density at radius 1 is 1.50 bits per heavy atom. The summed E-state index contributed by atoms with van der Waals surface area (Å²) in [5.41, 5.74) is 8.61. The maximum absolute atomic E-state index is 12.7. The van der Waals surface area contributed by atoms with Crippen molar-refractivity contribution in [3.63, 3.8) is 0 Å². The van der Waals surface area contributed by atoms with Crippen molar-refractivity contribution in [1.29, 1.82) is 0 Å². The van der Waals surface area contributed by atoms with Crippen LogP contribution in [0.1, 0.15) is 30.9 Å². The van der Waals surface area contributed by atoms with Crippen LogP contribution in [0.3, 0.4) is 0 Å². The number of nitrogens with two attached hydrogens (primary N) is 1. The van der Waals surface area contributed by atoms with Crippen LogP contribution in [0.25, 0.3) is 0 Å². The summed E-state index contributed by atoms with van der Waals surface area (Å²) in [6.45, 7) is 7.23. The lowest BCUT2D eigenvalue weighted by Crippen LogP contribution is -2.64. The lowest BCUT2D eigenvalue weighted by atomic mass is 9.87. The van der Waals surface area contributed by atoms with Crippen molar-refractivity contribution in [3.05, 3.63) is 28.3 Å². The van der Waals surface area contributed by atoms with E-state index in [4.69, 9.17) is 17.3 Å². The number of benzene rings is 1. The molecule has 1 aliphatic carbocycles. The molecule has 2 fully saturated rings. The van der Waals surface area contributed by atoms with Gasteiger partial charge in [-0.1, -0.05) is 11.6 Å². The molecule has 0 radical (unpaired) electrons. The zero-order chi connectivity index (χ0) is 17.3. The van der Waals surface area contributed by atoms with E-state index in [2.05, 4.69) is 17.6 Å². The molecule has 1 heterocycles. The predicted molar refractivity (Wildman–Crippen MR) is 98.4 cm³/mol. The minimum Gasteiger partial charge on any atom is -0.398 e. The highest BCUT2D eigenvalue weighted by Gasteiger charge is 2.38. The summed E-state index contributed by atoms with van der Waals surface area (Å²) in [5.74, 6) is 0.679. The van der Waals surface area contributed by atoms with E-state index in [1.807, 2.05) is 17.9 Å². The third kappa shape index (κ3) is 3.78. The Morgan fingerprint density at radius 3 is 2.96 bits per heavy atom. The first kappa shape index (κ1) is 17.4. The number of hydrogen-bond acceptors (Lipinski definition) is 3. The molecule has 1 aromatic carbocycles. The lowest BCUT2D eigenvalue weighted by Gasteiger charge is -2.45. The average molecular weight is 351 g/mol. The molecule has 0 spiro atoms. The largest absolute Gasteiger partial charge is 0.398 e. The van der Waals surface area contributed by atoms with E-state index in [9.17, 15) is 4.79 Å². The van der Waals surface area contributed by atoms with Crippen LogP contribution in [-0.2, 0) is 6.42 Å². The fraction of sp³-hybridized carbons (Fsp3) is 0.611. The van der Waals surface area contributed by atoms with Gasteiger partial charge in [0.2, 0.25) is 0 Å². The first-order chi connectivity index (χ1) is 11.4. The van der Waals surface area contributed by atoms with Crippen molar-refractivity contribution in [3.8, 4) is 0 Å². The van der Waals surface area contributed by atoms with Gasteiger partial charge in [-0.3, -0.25) is 0 Å². The SMILES string of the molecule is Cc1c(N)cc(Cl)cc1CC1(C)CNCCN1C(=O)NCC1CC1. The second-order valence-corrected chi connectivity index (χ2v) is 7.85. The molecule has 5 nitrogen and oxygen atoms in total. The number of carbonyl (C=O) groups is 1. The number of carbonyl (C=O) groups excluding carboxylic acids is 1. The number of nitrogen functional groups attached to an aromatic ring is 1. The van der Waals surface area contributed by atoms with E-state index >= 15 is 0 Å². The number of nitrogens with zero attached hydrogens (tertiary/aromatic N) is 1. The summed E-state index contributed by atoms with van der Waals surface area (Å²) < 4.78 is 0. The summed E-state index contributed by atoms with van der Waals surface area (Å²) in [4.78, 5) is 14.7. The maximum atomic E-state index is 12.7. The number of rotatable bonds is 4. The Labute approximate surface area is 148 Å². The Morgan fingerprint density at radius 2 is 2.25 bits per heavy atom. The fourth-order valence-electron chi connectivity index (χ4n) is 3.42. The number of urea groups is 1. The third-order valence-electron chi connectivity index (χ3n) is 5.25. The summed E-state index contributed by atoms with van der Waals surface area (Å²) in [7, 11) is 0. The van der Waals surface area contributed by atoms with E-state index in [0.717, 1.165) is 37.2 Å². The minimum absolute atomic E-state index is 0.0403. The number of amides is 2. The Balaban J connectivity index is 1.78. The van der Waals surface area contributed by atoms with Crippen LogP contribution >= 0.6 is 11.6 Å². The molecule has 4 N–H and O–H groups in total. The molecular weight excluding hydrogens is 324 g/mol. The third-order valence-corrected chi connectivity index (χ3v) is 5.46. The molecule has 2 aliphatic rings. The summed E-state index contributed by atoms with van der Waals surface area (Å²) >= 11 is 6.19. The lowest BCUT2D eigenvalue weighted by molar-refractivity contribution is 0.100. The van der Waals surface area contributed by atoms with Gasteiger partial charge in [0.15, 0.2) is 0 Å². The Hall–Kier alpha value is -1.46. The Kier molecular flexibility index (Phi) is 4.92. The van der Waals surface area contributed by atoms with Crippen LogP contribution in [0.4, 0.5) is 10.5 Å². The molecule has 6 heteroatoms. The summed E-state index contributed by atoms with van der Waals surface area (Å²) in [6.07, 6.45) is 3.20. The van der Waals surface area contributed by atoms with Crippen LogP contribution in [0.15, 0.2) is 12.1 Å². The molecule has 1 atom stereocenters. The Bertz CT molecular complexity index is 632. The van der Waals surface area contributed by atoms with E-state index in [-0.39, 0.29) is 11.6 Å². The van der Waals surface area contributed by atoms with Gasteiger partial charge in [-0.15, -0.1) is 0 Å². The van der Waals surface area contributed by atoms with Gasteiger partial charge in [0.1, 0.15) is 0 Å². The number of halogens is 1. The number of piperazine rings is 1. The second-order valence-electron chi connectivity index (χ2n) is 7.41. The average Bonchev–Trinajstić information content (AvgIpc) is 3.34. The topological polar surface area (TPSA) is 70.4 Å². The molecule has 1 aliphatic heterocycles. The van der Waals surface area contributed by atoms with Crippen molar-refractivity contribution < 1.29 is 4.79 Å². The van der Waals surface area contributed by atoms with Gasteiger partial charge in [-0.05, 0) is 62.3 Å². The predicted octanol–water partition coefficient (Wildman–Crippen LogP) is 2.56. The fourth-order valence-corrected chi connectivity index (χ4v) is 3.67. The zero-order valence-electron chi connectivity index (χ0n) is 14.5. The normalized spacial score (nSPS) is 24.0. The summed E-state index contributed by atoms with van der Waals surface area (Å²) in [6, 6.07) is 3.79. The molecule has 24 heavy (non-hydrogen) atoms. The van der Waals surface area contributed by atoms with Crippen molar-refractivity contribution in [2.45, 2.75) is 38.6 Å². The molecule has 3 rings (SSSR count). The van der Waals surface area contributed by atoms with Gasteiger partial charge in [0, 0.05) is 36.9 Å². The van der Waals surface area contributed by atoms with Crippen molar-refractivity contribution in [1.82, 2.24) is 15.5 Å². The zero-order valence-corrected chi connectivity index (χ0v) is 15.2. The van der Waals surface area contributed by atoms with Crippen LogP contribution < -0.4 is 16.4 Å². The van der Waals surface area contributed by atoms with Gasteiger partial charge < -0.3 is 21.3 Å². The molecule has 132 valence electrons. The monoisotopic (exact) mass is 350 g/mol. The van der Waals surface area contributed by atoms with Gasteiger partial charge in [-0.25, -0.2) is 4.79 Å². The molecule has 0 bridgehead atoms. The standard InChI is InChI=1S/C18H27ClN4O/c1-12-14(7-15(19)8-16(12)20)9-18(2)11-21-5-6-23(18)17(24)22-10-13-3-4-13/h7-8,13,21H,3-6,9-11,20H2,1-2H3,(H,22,24). The van der Waals surface area contributed by atoms with Crippen LogP contribution in [-0.4, -0.2) is 42.6 Å². The first-order valence-corrected chi connectivity index (χ1v) is 9.07. The highest BCUT2D eigenvalue weighted by molar-refractivity contribution is 6.31. The maximum Gasteiger partial charge on any atom is 0.317 e. The van der Waals surface area contributed by atoms with Crippen LogP contribution in [0, 0.1) is 12.8 Å². The highest BCUT2D eigenvalue weighted by Crippen LogP contribution is 2.30. The molecule has 2 amide bonds. The quantitative estimate of drug-likeness (QED) is 0.731. The smallest absolute Gasteiger partial charge is 0.317 e. The van der Waals surface area contributed by atoms with Gasteiger partial charge >= 0.3 is 6.03 Å². The van der Waals surface area contributed by atoms with E-state index in [1.165, 1.54) is 12.8 Å². The molecular formula is C18H27ClN4O. The number of nitrogens with one attached hydrogen (secondary N) is 2. The van der Waals surface area contributed by atoms with Crippen LogP contribution in [0.5, 0.6) is 0 Å². The molecule has 1 saturated carbocycles. The van der Waals surface area contributed by atoms with Crippen molar-refractivity contribution in [2.75, 3.05) is 31.9 Å². The molecule has 1 aromatic rings. The van der Waals surface area contributed by atoms with E-state index in [1.54, 1.807) is 6.07 Å². The van der Waals surface area contributed by atoms with Gasteiger partial charge in [0.05, 0.1) is 5.54 Å². The van der Waals surface area contributed by atoms with Gasteiger partial charge in [0.25, 0.3) is 0 Å².